The maximum Gasteiger partial charge on any atom is 0.296 e. The van der Waals surface area contributed by atoms with Crippen molar-refractivity contribution in [2.45, 2.75) is 0 Å². The summed E-state index contributed by atoms with van der Waals surface area (Å²) >= 11 is 0. The molecule has 2 rings (SSSR count). The van der Waals surface area contributed by atoms with Crippen molar-refractivity contribution in [3.63, 3.8) is 0 Å². The summed E-state index contributed by atoms with van der Waals surface area (Å²) in [6, 6.07) is 9.15. The molecule has 0 saturated heterocycles. The number of benzene rings is 1. The first-order valence-corrected chi connectivity index (χ1v) is 4.90. The Labute approximate surface area is 96.6 Å². The summed E-state index contributed by atoms with van der Waals surface area (Å²) < 4.78 is 4.81. The smallest absolute Gasteiger partial charge is 0.296 e. The Morgan fingerprint density at radius 1 is 1.35 bits per heavy atom. The Bertz CT molecular complexity index is 522. The van der Waals surface area contributed by atoms with Crippen LogP contribution in [-0.2, 0) is 4.79 Å². The fourth-order valence-corrected chi connectivity index (χ4v) is 1.25. The fourth-order valence-electron chi connectivity index (χ4n) is 1.25. The molecule has 86 valence electrons. The number of rotatable bonds is 5. The Hall–Kier alpha value is -2.50. The molecule has 0 aliphatic rings. The topological polar surface area (TPSA) is 85.1 Å². The molecular weight excluding hydrogens is 222 g/mol. The standard InChI is InChI=1S/C11H9N3O3/c15-7-12-6-9(16)11-13-10(14-17-11)8-4-2-1-3-5-8/h1-5,7H,6H2,(H,12,15). The largest absolute Gasteiger partial charge is 0.351 e. The number of Topliss-reactive ketones (excluding diaryl/α,β-unsaturated/α-hetero) is 1. The normalized spacial score (nSPS) is 9.88. The minimum Gasteiger partial charge on any atom is -0.351 e. The van der Waals surface area contributed by atoms with Gasteiger partial charge in [0.2, 0.25) is 18.0 Å². The van der Waals surface area contributed by atoms with Crippen molar-refractivity contribution in [1.82, 2.24) is 15.5 Å². The molecule has 0 bridgehead atoms. The number of carbonyl (C=O) groups is 2. The number of carbonyl (C=O) groups excluding carboxylic acids is 2. The van der Waals surface area contributed by atoms with Crippen molar-refractivity contribution in [3.8, 4) is 11.4 Å². The molecular formula is C11H9N3O3. The maximum atomic E-state index is 11.4. The highest BCUT2D eigenvalue weighted by Crippen LogP contribution is 2.14. The molecule has 17 heavy (non-hydrogen) atoms. The van der Waals surface area contributed by atoms with Crippen molar-refractivity contribution in [1.29, 1.82) is 0 Å². The zero-order chi connectivity index (χ0) is 12.1. The van der Waals surface area contributed by atoms with Gasteiger partial charge in [-0.1, -0.05) is 35.5 Å². The van der Waals surface area contributed by atoms with Crippen molar-refractivity contribution in [2.75, 3.05) is 6.54 Å². The van der Waals surface area contributed by atoms with Crippen LogP contribution in [0.15, 0.2) is 34.9 Å². The molecule has 1 aromatic heterocycles. The Kier molecular flexibility index (Phi) is 3.25. The van der Waals surface area contributed by atoms with Gasteiger partial charge in [-0.2, -0.15) is 4.98 Å². The Morgan fingerprint density at radius 3 is 2.82 bits per heavy atom. The third-order valence-corrected chi connectivity index (χ3v) is 2.04. The van der Waals surface area contributed by atoms with E-state index in [1.807, 2.05) is 30.3 Å². The highest BCUT2D eigenvalue weighted by Gasteiger charge is 2.15. The number of nitrogens with zero attached hydrogens (tertiary/aromatic N) is 2. The van der Waals surface area contributed by atoms with Crippen LogP contribution in [-0.4, -0.2) is 28.9 Å². The van der Waals surface area contributed by atoms with Crippen LogP contribution in [0.25, 0.3) is 11.4 Å². The Balaban J connectivity index is 2.16. The molecule has 0 atom stereocenters. The van der Waals surface area contributed by atoms with Crippen molar-refractivity contribution in [3.05, 3.63) is 36.2 Å². The van der Waals surface area contributed by atoms with Gasteiger partial charge in [0, 0.05) is 5.56 Å². The first-order valence-electron chi connectivity index (χ1n) is 4.90. The highest BCUT2D eigenvalue weighted by molar-refractivity contribution is 5.94. The molecule has 1 N–H and O–H groups in total. The number of hydrogen-bond acceptors (Lipinski definition) is 5. The zero-order valence-corrected chi connectivity index (χ0v) is 8.79. The van der Waals surface area contributed by atoms with Gasteiger partial charge in [0.15, 0.2) is 0 Å². The van der Waals surface area contributed by atoms with E-state index in [0.717, 1.165) is 5.56 Å². The number of amides is 1. The molecule has 0 aliphatic carbocycles. The summed E-state index contributed by atoms with van der Waals surface area (Å²) in [7, 11) is 0. The summed E-state index contributed by atoms with van der Waals surface area (Å²) in [5, 5.41) is 5.93. The predicted octanol–water partition coefficient (Wildman–Crippen LogP) is 0.665. The first kappa shape index (κ1) is 11.0. The lowest BCUT2D eigenvalue weighted by molar-refractivity contribution is -0.109. The summed E-state index contributed by atoms with van der Waals surface area (Å²) in [6.45, 7) is -0.153. The number of nitrogens with one attached hydrogen (secondary N) is 1. The third-order valence-electron chi connectivity index (χ3n) is 2.04. The van der Waals surface area contributed by atoms with Gasteiger partial charge in [-0.25, -0.2) is 0 Å². The second kappa shape index (κ2) is 5.02. The molecule has 0 spiro atoms. The first-order chi connectivity index (χ1) is 8.31. The average Bonchev–Trinajstić information content (AvgIpc) is 2.86. The summed E-state index contributed by atoms with van der Waals surface area (Å²) in [5.41, 5.74) is 0.763. The van der Waals surface area contributed by atoms with E-state index in [0.29, 0.717) is 12.2 Å². The number of aromatic nitrogens is 2. The zero-order valence-electron chi connectivity index (χ0n) is 8.79. The van der Waals surface area contributed by atoms with Gasteiger partial charge in [0.25, 0.3) is 5.89 Å². The Morgan fingerprint density at radius 2 is 2.12 bits per heavy atom. The van der Waals surface area contributed by atoms with Gasteiger partial charge in [0.1, 0.15) is 0 Å². The third kappa shape index (κ3) is 2.54. The average molecular weight is 231 g/mol. The summed E-state index contributed by atoms with van der Waals surface area (Å²) in [5.74, 6) is -0.190. The van der Waals surface area contributed by atoms with Gasteiger partial charge in [-0.3, -0.25) is 9.59 Å². The van der Waals surface area contributed by atoms with Crippen molar-refractivity contribution >= 4 is 12.2 Å². The van der Waals surface area contributed by atoms with Gasteiger partial charge < -0.3 is 9.84 Å². The minimum atomic E-state index is -0.424. The van der Waals surface area contributed by atoms with Crippen molar-refractivity contribution < 1.29 is 14.1 Å². The van der Waals surface area contributed by atoms with Crippen LogP contribution in [0.3, 0.4) is 0 Å². The van der Waals surface area contributed by atoms with Crippen LogP contribution in [0, 0.1) is 0 Å². The van der Waals surface area contributed by atoms with Crippen molar-refractivity contribution in [2.24, 2.45) is 0 Å². The quantitative estimate of drug-likeness (QED) is 0.603. The van der Waals surface area contributed by atoms with E-state index >= 15 is 0 Å². The summed E-state index contributed by atoms with van der Waals surface area (Å²) in [6.07, 6.45) is 0.437. The molecule has 0 aliphatic heterocycles. The molecule has 1 amide bonds. The van der Waals surface area contributed by atoms with Gasteiger partial charge >= 0.3 is 0 Å². The van der Waals surface area contributed by atoms with E-state index in [1.165, 1.54) is 0 Å². The number of ketones is 1. The molecule has 0 saturated carbocycles. The van der Waals surface area contributed by atoms with E-state index in [2.05, 4.69) is 15.5 Å². The second-order valence-corrected chi connectivity index (χ2v) is 3.21. The predicted molar refractivity (Wildman–Crippen MR) is 58.1 cm³/mol. The van der Waals surface area contributed by atoms with Crippen LogP contribution in [0.1, 0.15) is 10.7 Å². The van der Waals surface area contributed by atoms with Gasteiger partial charge in [0.05, 0.1) is 6.54 Å². The molecule has 2 aromatic rings. The van der Waals surface area contributed by atoms with E-state index in [4.69, 9.17) is 4.52 Å². The monoisotopic (exact) mass is 231 g/mol. The molecule has 6 heteroatoms. The molecule has 0 fully saturated rings. The highest BCUT2D eigenvalue weighted by atomic mass is 16.5. The molecule has 6 nitrogen and oxygen atoms in total. The van der Waals surface area contributed by atoms with E-state index in [-0.39, 0.29) is 12.4 Å². The van der Waals surface area contributed by atoms with Gasteiger partial charge in [-0.05, 0) is 0 Å². The van der Waals surface area contributed by atoms with Crippen LogP contribution >= 0.6 is 0 Å². The van der Waals surface area contributed by atoms with E-state index < -0.39 is 5.78 Å². The lowest BCUT2D eigenvalue weighted by atomic mass is 10.2. The molecule has 1 aromatic carbocycles. The minimum absolute atomic E-state index is 0.113. The molecule has 0 unspecified atom stereocenters. The SMILES string of the molecule is O=CNCC(=O)c1nc(-c2ccccc2)no1. The van der Waals surface area contributed by atoms with E-state index in [9.17, 15) is 9.59 Å². The van der Waals surface area contributed by atoms with Crippen LogP contribution in [0.4, 0.5) is 0 Å². The summed E-state index contributed by atoms with van der Waals surface area (Å²) in [4.78, 5) is 25.4. The lowest BCUT2D eigenvalue weighted by Crippen LogP contribution is -2.21. The molecule has 0 radical (unpaired) electrons. The lowest BCUT2D eigenvalue weighted by Gasteiger charge is -1.92. The maximum absolute atomic E-state index is 11.4. The molecule has 1 heterocycles. The van der Waals surface area contributed by atoms with Gasteiger partial charge in [-0.15, -0.1) is 0 Å². The van der Waals surface area contributed by atoms with Crippen LogP contribution in [0.2, 0.25) is 0 Å². The second-order valence-electron chi connectivity index (χ2n) is 3.21. The fraction of sp³-hybridized carbons (Fsp3) is 0.0909. The number of hydrogen-bond donors (Lipinski definition) is 1. The van der Waals surface area contributed by atoms with Crippen LogP contribution in [0.5, 0.6) is 0 Å². The van der Waals surface area contributed by atoms with E-state index in [1.54, 1.807) is 0 Å². The van der Waals surface area contributed by atoms with Crippen LogP contribution < -0.4 is 5.32 Å².